The third-order valence-electron chi connectivity index (χ3n) is 5.08. The van der Waals surface area contributed by atoms with Crippen molar-refractivity contribution in [3.05, 3.63) is 89.5 Å². The van der Waals surface area contributed by atoms with Gasteiger partial charge in [0, 0.05) is 14.7 Å². The summed E-state index contributed by atoms with van der Waals surface area (Å²) in [5.74, 6) is 0.393. The van der Waals surface area contributed by atoms with Crippen LogP contribution in [0.25, 0.3) is 0 Å². The zero-order chi connectivity index (χ0) is 24.4. The molecule has 0 aliphatic carbocycles. The Bertz CT molecular complexity index is 1140. The molecule has 0 aromatic heterocycles. The van der Waals surface area contributed by atoms with E-state index in [1.807, 2.05) is 26.0 Å². The van der Waals surface area contributed by atoms with Gasteiger partial charge in [0.15, 0.2) is 0 Å². The van der Waals surface area contributed by atoms with Crippen molar-refractivity contribution in [2.45, 2.75) is 54.3 Å². The summed E-state index contributed by atoms with van der Waals surface area (Å²) in [6.45, 7) is 7.84. The van der Waals surface area contributed by atoms with Gasteiger partial charge in [-0.25, -0.2) is 0 Å². The molecule has 0 N–H and O–H groups in total. The Kier molecular flexibility index (Phi) is 7.31. The number of hydrogen-bond acceptors (Lipinski definition) is 3. The lowest BCUT2D eigenvalue weighted by molar-refractivity contribution is -0.0496. The van der Waals surface area contributed by atoms with Crippen molar-refractivity contribution < 1.29 is 25.2 Å². The highest BCUT2D eigenvalue weighted by molar-refractivity contribution is 8.33. The summed E-state index contributed by atoms with van der Waals surface area (Å²) in [4.78, 5) is 1.10. The van der Waals surface area contributed by atoms with E-state index < -0.39 is 25.9 Å². The van der Waals surface area contributed by atoms with Crippen LogP contribution >= 0.6 is 10.3 Å². The quantitative estimate of drug-likeness (QED) is 0.317. The number of hydrogen-bond donors (Lipinski definition) is 0. The van der Waals surface area contributed by atoms with Gasteiger partial charge in [0.25, 0.3) is 0 Å². The number of alkyl halides is 3. The van der Waals surface area contributed by atoms with Crippen molar-refractivity contribution >= 4 is 20.4 Å². The minimum Gasteiger partial charge on any atom is -0.200 e. The lowest BCUT2D eigenvalue weighted by Gasteiger charge is -2.39. The first-order chi connectivity index (χ1) is 15.3. The van der Waals surface area contributed by atoms with E-state index in [2.05, 4.69) is 13.8 Å². The molecule has 178 valence electrons. The van der Waals surface area contributed by atoms with E-state index in [9.17, 15) is 21.6 Å². The van der Waals surface area contributed by atoms with Gasteiger partial charge in [-0.1, -0.05) is 61.4 Å². The molecule has 0 saturated carbocycles. The summed E-state index contributed by atoms with van der Waals surface area (Å²) in [6.07, 6.45) is 0.791. The highest BCUT2D eigenvalue weighted by atomic mass is 32.3. The Morgan fingerprint density at radius 1 is 0.727 bits per heavy atom. The van der Waals surface area contributed by atoms with Gasteiger partial charge in [0.1, 0.15) is 0 Å². The Morgan fingerprint density at radius 3 is 1.42 bits per heavy atom. The van der Waals surface area contributed by atoms with Crippen LogP contribution in [0.15, 0.2) is 87.5 Å². The standard InChI is InChI=1S/C25H27F3O3S2/c1-18(2)17-21-9-15-24(16-10-21)32(22-11-5-19(3)6-12-22,23-13-7-20(4)8-14-23)31-33(29,30)25(26,27)28/h5-16,18H,17H2,1-4H3. The molecule has 0 atom stereocenters. The minimum atomic E-state index is -5.91. The maximum Gasteiger partial charge on any atom is 0.524 e. The smallest absolute Gasteiger partial charge is 0.200 e. The summed E-state index contributed by atoms with van der Waals surface area (Å²) >= 11 is 0. The molecule has 3 aromatic carbocycles. The van der Waals surface area contributed by atoms with Crippen molar-refractivity contribution in [3.63, 3.8) is 0 Å². The van der Waals surface area contributed by atoms with Crippen LogP contribution in [-0.4, -0.2) is 13.9 Å². The topological polar surface area (TPSA) is 43.4 Å². The molecule has 3 nitrogen and oxygen atoms in total. The van der Waals surface area contributed by atoms with Crippen LogP contribution in [0.1, 0.15) is 30.5 Å². The second-order valence-corrected chi connectivity index (χ2v) is 12.8. The number of rotatable bonds is 7. The normalized spacial score (nSPS) is 13.3. The molecule has 0 aliphatic rings. The summed E-state index contributed by atoms with van der Waals surface area (Å²) in [6, 6.07) is 20.5. The maximum absolute atomic E-state index is 13.5. The second-order valence-electron chi connectivity index (χ2n) is 8.39. The molecule has 0 spiro atoms. The number of benzene rings is 3. The highest BCUT2D eigenvalue weighted by Crippen LogP contribution is 2.70. The zero-order valence-electron chi connectivity index (χ0n) is 18.9. The number of halogens is 3. The van der Waals surface area contributed by atoms with E-state index in [-0.39, 0.29) is 0 Å². The summed E-state index contributed by atoms with van der Waals surface area (Å²) in [7, 11) is -9.17. The monoisotopic (exact) mass is 496 g/mol. The van der Waals surface area contributed by atoms with Gasteiger partial charge >= 0.3 is 15.6 Å². The third-order valence-corrected chi connectivity index (χ3v) is 9.99. The van der Waals surface area contributed by atoms with Gasteiger partial charge in [0.2, 0.25) is 0 Å². The van der Waals surface area contributed by atoms with Gasteiger partial charge in [-0.15, -0.1) is 0 Å². The minimum absolute atomic E-state index is 0.362. The molecule has 0 bridgehead atoms. The van der Waals surface area contributed by atoms with Gasteiger partial charge in [-0.3, -0.25) is 0 Å². The van der Waals surface area contributed by atoms with Gasteiger partial charge < -0.3 is 0 Å². The van der Waals surface area contributed by atoms with Crippen LogP contribution in [0.2, 0.25) is 0 Å². The van der Waals surface area contributed by atoms with E-state index >= 15 is 0 Å². The van der Waals surface area contributed by atoms with E-state index in [4.69, 9.17) is 3.63 Å². The Balaban J connectivity index is 2.34. The molecule has 33 heavy (non-hydrogen) atoms. The highest BCUT2D eigenvalue weighted by Gasteiger charge is 2.52. The molecule has 3 aromatic rings. The van der Waals surface area contributed by atoms with Crippen molar-refractivity contribution in [3.8, 4) is 0 Å². The first kappa shape index (κ1) is 25.3. The maximum atomic E-state index is 13.5. The Labute approximate surface area is 195 Å². The summed E-state index contributed by atoms with van der Waals surface area (Å²) in [5.41, 5.74) is -2.77. The fourth-order valence-corrected chi connectivity index (χ4v) is 8.15. The fourth-order valence-electron chi connectivity index (χ4n) is 3.45. The van der Waals surface area contributed by atoms with Crippen molar-refractivity contribution in [1.82, 2.24) is 0 Å². The first-order valence-corrected chi connectivity index (χ1v) is 13.4. The van der Waals surface area contributed by atoms with E-state index in [0.29, 0.717) is 20.6 Å². The average Bonchev–Trinajstić information content (AvgIpc) is 2.73. The molecular formula is C25H27F3O3S2. The summed E-state index contributed by atoms with van der Waals surface area (Å²) < 4.78 is 70.7. The van der Waals surface area contributed by atoms with Crippen LogP contribution in [0.5, 0.6) is 0 Å². The predicted octanol–water partition coefficient (Wildman–Crippen LogP) is 7.56. The van der Waals surface area contributed by atoms with Crippen LogP contribution in [-0.2, 0) is 20.2 Å². The van der Waals surface area contributed by atoms with Crippen LogP contribution < -0.4 is 0 Å². The molecular weight excluding hydrogens is 469 g/mol. The Morgan fingerprint density at radius 2 is 1.09 bits per heavy atom. The predicted molar refractivity (Wildman–Crippen MR) is 126 cm³/mol. The van der Waals surface area contributed by atoms with Crippen LogP contribution in [0.4, 0.5) is 13.2 Å². The van der Waals surface area contributed by atoms with Gasteiger partial charge in [0.05, 0.1) is 0 Å². The molecule has 0 radical (unpaired) electrons. The van der Waals surface area contributed by atoms with E-state index in [1.54, 1.807) is 60.7 Å². The SMILES string of the molecule is Cc1ccc(S(OS(=O)(=O)C(F)(F)F)(c2ccc(C)cc2)c2ccc(CC(C)C)cc2)cc1. The third kappa shape index (κ3) is 5.45. The second kappa shape index (κ2) is 9.52. The molecule has 0 fully saturated rings. The van der Waals surface area contributed by atoms with Gasteiger partial charge in [-0.05, 0) is 78.5 Å². The lowest BCUT2D eigenvalue weighted by Crippen LogP contribution is -2.27. The molecule has 8 heteroatoms. The average molecular weight is 497 g/mol. The number of aryl methyl sites for hydroxylation is 2. The molecule has 0 saturated heterocycles. The summed E-state index contributed by atoms with van der Waals surface area (Å²) in [5, 5.41) is 0. The zero-order valence-corrected chi connectivity index (χ0v) is 20.5. The van der Waals surface area contributed by atoms with E-state index in [0.717, 1.165) is 23.1 Å². The van der Waals surface area contributed by atoms with Crippen molar-refractivity contribution in [2.24, 2.45) is 5.92 Å². The largest absolute Gasteiger partial charge is 0.524 e. The molecule has 0 heterocycles. The van der Waals surface area contributed by atoms with Gasteiger partial charge in [-0.2, -0.15) is 25.2 Å². The Hall–Kier alpha value is -2.29. The van der Waals surface area contributed by atoms with Crippen molar-refractivity contribution in [1.29, 1.82) is 0 Å². The fraction of sp³-hybridized carbons (Fsp3) is 0.280. The van der Waals surface area contributed by atoms with Crippen molar-refractivity contribution in [2.75, 3.05) is 0 Å². The van der Waals surface area contributed by atoms with Crippen LogP contribution in [0.3, 0.4) is 0 Å². The lowest BCUT2D eigenvalue weighted by atomic mass is 10.0. The molecule has 0 amide bonds. The van der Waals surface area contributed by atoms with E-state index in [1.165, 1.54) is 0 Å². The molecule has 0 aliphatic heterocycles. The first-order valence-electron chi connectivity index (χ1n) is 10.4. The molecule has 0 unspecified atom stereocenters. The molecule has 3 rings (SSSR count). The van der Waals surface area contributed by atoms with Crippen LogP contribution in [0, 0.1) is 19.8 Å².